The molecule has 1 aromatic heterocycles. The molecule has 1 amide bonds. The van der Waals surface area contributed by atoms with Gasteiger partial charge in [-0.3, -0.25) is 9.48 Å². The van der Waals surface area contributed by atoms with Gasteiger partial charge in [0.2, 0.25) is 0 Å². The highest BCUT2D eigenvalue weighted by molar-refractivity contribution is 5.83. The van der Waals surface area contributed by atoms with Crippen LogP contribution in [0.15, 0.2) is 36.5 Å². The van der Waals surface area contributed by atoms with E-state index in [1.54, 1.807) is 6.20 Å². The Morgan fingerprint density at radius 1 is 1.24 bits per heavy atom. The Morgan fingerprint density at radius 2 is 2.04 bits per heavy atom. The number of hydrogen-bond donors (Lipinski definition) is 0. The smallest absolute Gasteiger partial charge is 0.265 e. The summed E-state index contributed by atoms with van der Waals surface area (Å²) in [4.78, 5) is 16.9. The number of anilines is 1. The molecule has 25 heavy (non-hydrogen) atoms. The first kappa shape index (κ1) is 16.0. The van der Waals surface area contributed by atoms with Gasteiger partial charge >= 0.3 is 0 Å². The number of morpholine rings is 1. The van der Waals surface area contributed by atoms with Gasteiger partial charge in [0.15, 0.2) is 6.10 Å². The molecule has 3 heterocycles. The number of nitrogens with zero attached hydrogens (tertiary/aromatic N) is 4. The Balaban J connectivity index is 1.57. The van der Waals surface area contributed by atoms with Crippen molar-refractivity contribution >= 4 is 11.6 Å². The number of benzene rings is 1. The van der Waals surface area contributed by atoms with Crippen LogP contribution in [0.25, 0.3) is 0 Å². The van der Waals surface area contributed by atoms with Crippen molar-refractivity contribution in [2.75, 3.05) is 37.7 Å². The van der Waals surface area contributed by atoms with Gasteiger partial charge in [-0.25, -0.2) is 0 Å². The lowest BCUT2D eigenvalue weighted by atomic mass is 10.1. The normalized spacial score (nSPS) is 20.1. The van der Waals surface area contributed by atoms with Crippen molar-refractivity contribution in [1.29, 1.82) is 0 Å². The molecule has 2 aromatic rings. The van der Waals surface area contributed by atoms with Gasteiger partial charge in [0.25, 0.3) is 5.91 Å². The Morgan fingerprint density at radius 3 is 2.80 bits per heavy atom. The molecule has 0 bridgehead atoms. The molecule has 1 fully saturated rings. The number of ether oxygens (including phenoxy) is 2. The molecule has 7 heteroatoms. The van der Waals surface area contributed by atoms with Crippen LogP contribution in [0.1, 0.15) is 5.69 Å². The standard InChI is InChI=1S/C18H22N4O3/c1-20-14(6-7-19-20)12-22-13-17(18(23)21-8-10-24-11-9-21)25-16-5-3-2-4-15(16)22/h2-7,17H,8-13H2,1H3. The molecule has 0 aliphatic carbocycles. The van der Waals surface area contributed by atoms with E-state index in [2.05, 4.69) is 10.00 Å². The Labute approximate surface area is 146 Å². The molecular weight excluding hydrogens is 320 g/mol. The highest BCUT2D eigenvalue weighted by Crippen LogP contribution is 2.34. The van der Waals surface area contributed by atoms with E-state index in [4.69, 9.17) is 9.47 Å². The second kappa shape index (κ2) is 6.76. The fraction of sp³-hybridized carbons (Fsp3) is 0.444. The summed E-state index contributed by atoms with van der Waals surface area (Å²) in [6.07, 6.45) is 1.29. The van der Waals surface area contributed by atoms with Gasteiger partial charge in [0.05, 0.1) is 37.7 Å². The third kappa shape index (κ3) is 3.19. The maximum atomic E-state index is 12.9. The molecule has 2 aliphatic rings. The molecule has 1 atom stereocenters. The predicted molar refractivity (Wildman–Crippen MR) is 92.5 cm³/mol. The fourth-order valence-corrected chi connectivity index (χ4v) is 3.32. The van der Waals surface area contributed by atoms with Crippen molar-refractivity contribution in [1.82, 2.24) is 14.7 Å². The fourth-order valence-electron chi connectivity index (χ4n) is 3.32. The van der Waals surface area contributed by atoms with Crippen LogP contribution in [0.5, 0.6) is 5.75 Å². The van der Waals surface area contributed by atoms with E-state index in [1.807, 2.05) is 47.0 Å². The molecule has 0 radical (unpaired) electrons. The topological polar surface area (TPSA) is 59.8 Å². The number of carbonyl (C=O) groups is 1. The lowest BCUT2D eigenvalue weighted by molar-refractivity contribution is -0.142. The third-order valence-electron chi connectivity index (χ3n) is 4.73. The molecular formula is C18H22N4O3. The van der Waals surface area contributed by atoms with E-state index in [-0.39, 0.29) is 5.91 Å². The van der Waals surface area contributed by atoms with Gasteiger partial charge in [-0.2, -0.15) is 5.10 Å². The summed E-state index contributed by atoms with van der Waals surface area (Å²) in [7, 11) is 1.93. The van der Waals surface area contributed by atoms with E-state index in [0.717, 1.165) is 17.1 Å². The van der Waals surface area contributed by atoms with Crippen molar-refractivity contribution in [3.63, 3.8) is 0 Å². The maximum absolute atomic E-state index is 12.9. The van der Waals surface area contributed by atoms with Crippen LogP contribution in [-0.4, -0.2) is 59.5 Å². The predicted octanol–water partition coefficient (Wildman–Crippen LogP) is 1.05. The average Bonchev–Trinajstić information content (AvgIpc) is 3.06. The van der Waals surface area contributed by atoms with Gasteiger partial charge in [-0.05, 0) is 18.2 Å². The van der Waals surface area contributed by atoms with E-state index < -0.39 is 6.10 Å². The van der Waals surface area contributed by atoms with Crippen molar-refractivity contribution in [3.8, 4) is 5.75 Å². The van der Waals surface area contributed by atoms with Crippen LogP contribution >= 0.6 is 0 Å². The van der Waals surface area contributed by atoms with Gasteiger partial charge in [0, 0.05) is 26.3 Å². The number of aryl methyl sites for hydroxylation is 1. The molecule has 4 rings (SSSR count). The number of aromatic nitrogens is 2. The minimum Gasteiger partial charge on any atom is -0.477 e. The highest BCUT2D eigenvalue weighted by Gasteiger charge is 2.34. The van der Waals surface area contributed by atoms with E-state index in [1.165, 1.54) is 0 Å². The third-order valence-corrected chi connectivity index (χ3v) is 4.73. The van der Waals surface area contributed by atoms with Crippen LogP contribution in [0, 0.1) is 0 Å². The number of rotatable bonds is 3. The van der Waals surface area contributed by atoms with Crippen LogP contribution in [0.3, 0.4) is 0 Å². The summed E-state index contributed by atoms with van der Waals surface area (Å²) in [6, 6.07) is 9.87. The zero-order chi connectivity index (χ0) is 17.2. The van der Waals surface area contributed by atoms with E-state index in [0.29, 0.717) is 39.4 Å². The minimum atomic E-state index is -0.499. The van der Waals surface area contributed by atoms with Crippen molar-refractivity contribution in [3.05, 3.63) is 42.2 Å². The zero-order valence-electron chi connectivity index (χ0n) is 14.3. The van der Waals surface area contributed by atoms with Gasteiger partial charge in [-0.15, -0.1) is 0 Å². The lowest BCUT2D eigenvalue weighted by Gasteiger charge is -2.38. The Hall–Kier alpha value is -2.54. The van der Waals surface area contributed by atoms with E-state index in [9.17, 15) is 4.79 Å². The molecule has 0 spiro atoms. The summed E-state index contributed by atoms with van der Waals surface area (Å²) >= 11 is 0. The van der Waals surface area contributed by atoms with E-state index >= 15 is 0 Å². The van der Waals surface area contributed by atoms with Gasteiger partial charge in [-0.1, -0.05) is 12.1 Å². The van der Waals surface area contributed by atoms with Gasteiger partial charge < -0.3 is 19.3 Å². The quantitative estimate of drug-likeness (QED) is 0.834. The molecule has 2 aliphatic heterocycles. The van der Waals surface area contributed by atoms with Crippen LogP contribution in [0.4, 0.5) is 5.69 Å². The van der Waals surface area contributed by atoms with Crippen LogP contribution in [-0.2, 0) is 23.1 Å². The van der Waals surface area contributed by atoms with Crippen LogP contribution in [0.2, 0.25) is 0 Å². The largest absolute Gasteiger partial charge is 0.477 e. The van der Waals surface area contributed by atoms with Crippen molar-refractivity contribution < 1.29 is 14.3 Å². The average molecular weight is 342 g/mol. The second-order valence-corrected chi connectivity index (χ2v) is 6.34. The summed E-state index contributed by atoms with van der Waals surface area (Å²) in [5, 5.41) is 4.24. The van der Waals surface area contributed by atoms with Crippen molar-refractivity contribution in [2.45, 2.75) is 12.6 Å². The molecule has 132 valence electrons. The molecule has 1 saturated heterocycles. The molecule has 1 aromatic carbocycles. The number of para-hydroxylation sites is 2. The first-order valence-corrected chi connectivity index (χ1v) is 8.56. The first-order valence-electron chi connectivity index (χ1n) is 8.56. The van der Waals surface area contributed by atoms with Crippen LogP contribution < -0.4 is 9.64 Å². The molecule has 7 nitrogen and oxygen atoms in total. The summed E-state index contributed by atoms with van der Waals surface area (Å²) in [6.45, 7) is 3.65. The minimum absolute atomic E-state index is 0.0350. The number of amides is 1. The first-order chi connectivity index (χ1) is 12.2. The monoisotopic (exact) mass is 342 g/mol. The number of carbonyl (C=O) groups excluding carboxylic acids is 1. The number of hydrogen-bond acceptors (Lipinski definition) is 5. The molecule has 0 saturated carbocycles. The lowest BCUT2D eigenvalue weighted by Crippen LogP contribution is -2.52. The second-order valence-electron chi connectivity index (χ2n) is 6.34. The zero-order valence-corrected chi connectivity index (χ0v) is 14.3. The Kier molecular flexibility index (Phi) is 4.31. The summed E-state index contributed by atoms with van der Waals surface area (Å²) in [5.41, 5.74) is 2.10. The Bertz CT molecular complexity index is 754. The highest BCUT2D eigenvalue weighted by atomic mass is 16.5. The molecule has 0 N–H and O–H groups in total. The summed E-state index contributed by atoms with van der Waals surface area (Å²) < 4.78 is 13.2. The number of fused-ring (bicyclic) bond motifs is 1. The summed E-state index contributed by atoms with van der Waals surface area (Å²) in [5.74, 6) is 0.787. The van der Waals surface area contributed by atoms with Gasteiger partial charge in [0.1, 0.15) is 5.75 Å². The van der Waals surface area contributed by atoms with Crippen molar-refractivity contribution in [2.24, 2.45) is 7.05 Å². The maximum Gasteiger partial charge on any atom is 0.265 e. The molecule has 1 unspecified atom stereocenters. The SMILES string of the molecule is Cn1nccc1CN1CC(C(=O)N2CCOCC2)Oc2ccccc21.